The summed E-state index contributed by atoms with van der Waals surface area (Å²) in [5, 5.41) is 0. The molecule has 0 saturated carbocycles. The Kier molecular flexibility index (Phi) is 6.01. The van der Waals surface area contributed by atoms with E-state index >= 15 is 0 Å². The van der Waals surface area contributed by atoms with Crippen molar-refractivity contribution in [1.29, 1.82) is 0 Å². The standard InChI is InChI=1S/C17H21NO4S/c1-3-21-15-7-5-8-16(13-15)22-11-10-18-23(19,20)17-9-4-6-14(2)12-17/h4-9,12-13,18H,3,10-11H2,1-2H3. The maximum Gasteiger partial charge on any atom is 0.240 e. The number of hydrogen-bond donors (Lipinski definition) is 1. The van der Waals surface area contributed by atoms with E-state index in [1.807, 2.05) is 32.0 Å². The number of rotatable bonds is 8. The number of hydrogen-bond acceptors (Lipinski definition) is 4. The highest BCUT2D eigenvalue weighted by Gasteiger charge is 2.13. The van der Waals surface area contributed by atoms with Crippen molar-refractivity contribution in [2.24, 2.45) is 0 Å². The first-order valence-electron chi connectivity index (χ1n) is 7.43. The van der Waals surface area contributed by atoms with Crippen LogP contribution in [0.25, 0.3) is 0 Å². The highest BCUT2D eigenvalue weighted by atomic mass is 32.2. The fourth-order valence-electron chi connectivity index (χ4n) is 2.03. The third kappa shape index (κ3) is 5.26. The molecule has 0 bridgehead atoms. The summed E-state index contributed by atoms with van der Waals surface area (Å²) in [5.74, 6) is 1.37. The molecule has 2 aromatic rings. The predicted octanol–water partition coefficient (Wildman–Crippen LogP) is 2.75. The van der Waals surface area contributed by atoms with Crippen LogP contribution in [0.15, 0.2) is 53.4 Å². The lowest BCUT2D eigenvalue weighted by Crippen LogP contribution is -2.28. The van der Waals surface area contributed by atoms with Gasteiger partial charge >= 0.3 is 0 Å². The Morgan fingerprint density at radius 2 is 1.70 bits per heavy atom. The SMILES string of the molecule is CCOc1cccc(OCCNS(=O)(=O)c2cccc(C)c2)c1. The molecule has 0 aromatic heterocycles. The van der Waals surface area contributed by atoms with Gasteiger partial charge in [0.15, 0.2) is 0 Å². The van der Waals surface area contributed by atoms with E-state index < -0.39 is 10.0 Å². The molecule has 1 N–H and O–H groups in total. The number of aryl methyl sites for hydroxylation is 1. The normalized spacial score (nSPS) is 11.2. The molecule has 0 aliphatic heterocycles. The van der Waals surface area contributed by atoms with Gasteiger partial charge in [0.05, 0.1) is 11.5 Å². The molecule has 0 amide bonds. The van der Waals surface area contributed by atoms with Gasteiger partial charge in [-0.3, -0.25) is 0 Å². The first-order valence-corrected chi connectivity index (χ1v) is 8.91. The van der Waals surface area contributed by atoms with E-state index in [1.54, 1.807) is 30.3 Å². The van der Waals surface area contributed by atoms with Crippen molar-refractivity contribution in [3.05, 3.63) is 54.1 Å². The Labute approximate surface area is 137 Å². The zero-order valence-corrected chi connectivity index (χ0v) is 14.1. The highest BCUT2D eigenvalue weighted by Crippen LogP contribution is 2.19. The molecule has 0 atom stereocenters. The zero-order valence-electron chi connectivity index (χ0n) is 13.3. The quantitative estimate of drug-likeness (QED) is 0.754. The molecule has 0 radical (unpaired) electrons. The second-order valence-electron chi connectivity index (χ2n) is 4.97. The molecule has 5 nitrogen and oxygen atoms in total. The number of ether oxygens (including phenoxy) is 2. The summed E-state index contributed by atoms with van der Waals surface area (Å²) in [6, 6.07) is 14.0. The molecule has 0 unspecified atom stereocenters. The smallest absolute Gasteiger partial charge is 0.240 e. The first kappa shape index (κ1) is 17.3. The van der Waals surface area contributed by atoms with Gasteiger partial charge in [-0.2, -0.15) is 0 Å². The van der Waals surface area contributed by atoms with Crippen LogP contribution in [0.5, 0.6) is 11.5 Å². The molecule has 0 fully saturated rings. The van der Waals surface area contributed by atoms with Crippen molar-refractivity contribution in [2.75, 3.05) is 19.8 Å². The lowest BCUT2D eigenvalue weighted by atomic mass is 10.2. The van der Waals surface area contributed by atoms with Crippen molar-refractivity contribution in [3.8, 4) is 11.5 Å². The van der Waals surface area contributed by atoms with Crippen LogP contribution in [0.3, 0.4) is 0 Å². The minimum absolute atomic E-state index is 0.190. The monoisotopic (exact) mass is 335 g/mol. The van der Waals surface area contributed by atoms with E-state index in [0.717, 1.165) is 11.3 Å². The average Bonchev–Trinajstić information content (AvgIpc) is 2.52. The fraction of sp³-hybridized carbons (Fsp3) is 0.294. The van der Waals surface area contributed by atoms with Crippen molar-refractivity contribution in [3.63, 3.8) is 0 Å². The molecule has 0 heterocycles. The van der Waals surface area contributed by atoms with Crippen LogP contribution in [0.4, 0.5) is 0 Å². The van der Waals surface area contributed by atoms with Crippen LogP contribution >= 0.6 is 0 Å². The summed E-state index contributed by atoms with van der Waals surface area (Å²) in [6.07, 6.45) is 0. The van der Waals surface area contributed by atoms with Gasteiger partial charge in [0.1, 0.15) is 18.1 Å². The molecule has 6 heteroatoms. The maximum absolute atomic E-state index is 12.1. The molecule has 0 aliphatic carbocycles. The van der Waals surface area contributed by atoms with Crippen molar-refractivity contribution >= 4 is 10.0 Å². The fourth-order valence-corrected chi connectivity index (χ4v) is 3.15. The summed E-state index contributed by atoms with van der Waals surface area (Å²) < 4.78 is 37.8. The van der Waals surface area contributed by atoms with Gasteiger partial charge in [-0.05, 0) is 43.7 Å². The minimum atomic E-state index is -3.51. The Hall–Kier alpha value is -2.05. The number of nitrogens with one attached hydrogen (secondary N) is 1. The zero-order chi connectivity index (χ0) is 16.7. The molecule has 2 rings (SSSR count). The minimum Gasteiger partial charge on any atom is -0.494 e. The Morgan fingerprint density at radius 1 is 1.00 bits per heavy atom. The third-order valence-electron chi connectivity index (χ3n) is 3.08. The van der Waals surface area contributed by atoms with Gasteiger partial charge in [0, 0.05) is 12.6 Å². The molecular weight excluding hydrogens is 314 g/mol. The molecular formula is C17H21NO4S. The van der Waals surface area contributed by atoms with E-state index in [1.165, 1.54) is 0 Å². The third-order valence-corrected chi connectivity index (χ3v) is 4.54. The van der Waals surface area contributed by atoms with Crippen molar-refractivity contribution in [2.45, 2.75) is 18.7 Å². The Balaban J connectivity index is 1.86. The Morgan fingerprint density at radius 3 is 2.39 bits per heavy atom. The predicted molar refractivity (Wildman–Crippen MR) is 89.5 cm³/mol. The number of benzene rings is 2. The summed E-state index contributed by atoms with van der Waals surface area (Å²) in [7, 11) is -3.51. The van der Waals surface area contributed by atoms with E-state index in [9.17, 15) is 8.42 Å². The van der Waals surface area contributed by atoms with E-state index in [4.69, 9.17) is 9.47 Å². The van der Waals surface area contributed by atoms with Crippen LogP contribution < -0.4 is 14.2 Å². The van der Waals surface area contributed by atoms with Crippen LogP contribution in [-0.2, 0) is 10.0 Å². The average molecular weight is 335 g/mol. The van der Waals surface area contributed by atoms with Crippen LogP contribution in [-0.4, -0.2) is 28.2 Å². The van der Waals surface area contributed by atoms with E-state index in [2.05, 4.69) is 4.72 Å². The van der Waals surface area contributed by atoms with E-state index in [-0.39, 0.29) is 18.0 Å². The van der Waals surface area contributed by atoms with Gasteiger partial charge in [-0.15, -0.1) is 0 Å². The summed E-state index contributed by atoms with van der Waals surface area (Å²) in [5.41, 5.74) is 0.900. The van der Waals surface area contributed by atoms with Crippen LogP contribution in [0, 0.1) is 6.92 Å². The van der Waals surface area contributed by atoms with Gasteiger partial charge in [-0.25, -0.2) is 13.1 Å². The second-order valence-corrected chi connectivity index (χ2v) is 6.74. The highest BCUT2D eigenvalue weighted by molar-refractivity contribution is 7.89. The molecule has 0 saturated heterocycles. The van der Waals surface area contributed by atoms with E-state index in [0.29, 0.717) is 12.4 Å². The molecule has 2 aromatic carbocycles. The van der Waals surface area contributed by atoms with Crippen LogP contribution in [0.2, 0.25) is 0 Å². The van der Waals surface area contributed by atoms with Crippen LogP contribution in [0.1, 0.15) is 12.5 Å². The van der Waals surface area contributed by atoms with Gasteiger partial charge in [-0.1, -0.05) is 18.2 Å². The lowest BCUT2D eigenvalue weighted by molar-refractivity contribution is 0.313. The first-order chi connectivity index (χ1) is 11.0. The van der Waals surface area contributed by atoms with Crippen molar-refractivity contribution < 1.29 is 17.9 Å². The van der Waals surface area contributed by atoms with Gasteiger partial charge < -0.3 is 9.47 Å². The molecule has 23 heavy (non-hydrogen) atoms. The topological polar surface area (TPSA) is 64.6 Å². The molecule has 0 aliphatic rings. The lowest BCUT2D eigenvalue weighted by Gasteiger charge is -2.10. The number of sulfonamides is 1. The Bertz CT molecular complexity index is 744. The molecule has 0 spiro atoms. The summed E-state index contributed by atoms with van der Waals surface area (Å²) in [6.45, 7) is 4.77. The second kappa shape index (κ2) is 7.99. The summed E-state index contributed by atoms with van der Waals surface area (Å²) in [4.78, 5) is 0.260. The largest absolute Gasteiger partial charge is 0.494 e. The van der Waals surface area contributed by atoms with Crippen molar-refractivity contribution in [1.82, 2.24) is 4.72 Å². The molecule has 124 valence electrons. The van der Waals surface area contributed by atoms with Gasteiger partial charge in [0.25, 0.3) is 0 Å². The summed E-state index contributed by atoms with van der Waals surface area (Å²) >= 11 is 0. The maximum atomic E-state index is 12.1. The van der Waals surface area contributed by atoms with Gasteiger partial charge in [0.2, 0.25) is 10.0 Å².